The minimum absolute atomic E-state index is 0.182. The molecule has 2 aromatic carbocycles. The largest absolute Gasteiger partial charge is 0.373 e. The van der Waals surface area contributed by atoms with Crippen molar-refractivity contribution in [2.24, 2.45) is 0 Å². The molecule has 222 valence electrons. The first-order chi connectivity index (χ1) is 20.7. The third kappa shape index (κ3) is 6.40. The highest BCUT2D eigenvalue weighted by atomic mass is 35.5. The lowest BCUT2D eigenvalue weighted by atomic mass is 9.98. The predicted octanol–water partition coefficient (Wildman–Crippen LogP) is 7.80. The zero-order valence-electron chi connectivity index (χ0n) is 24.3. The maximum atomic E-state index is 9.89. The molecule has 0 spiro atoms. The lowest BCUT2D eigenvalue weighted by Crippen LogP contribution is -2.52. The summed E-state index contributed by atoms with van der Waals surface area (Å²) in [7, 11) is 0. The van der Waals surface area contributed by atoms with Gasteiger partial charge in [0.05, 0.1) is 43.6 Å². The number of anilines is 3. The molecule has 0 unspecified atom stereocenters. The van der Waals surface area contributed by atoms with E-state index in [1.165, 1.54) is 11.3 Å². The van der Waals surface area contributed by atoms with Crippen molar-refractivity contribution in [3.05, 3.63) is 92.5 Å². The molecule has 0 bridgehead atoms. The van der Waals surface area contributed by atoms with Gasteiger partial charge in [-0.2, -0.15) is 5.26 Å². The van der Waals surface area contributed by atoms with E-state index in [4.69, 9.17) is 23.2 Å². The number of thiophene rings is 1. The summed E-state index contributed by atoms with van der Waals surface area (Å²) in [5, 5.41) is 22.3. The number of pyridine rings is 1. The smallest absolute Gasteiger partial charge is 0.103 e. The highest BCUT2D eigenvalue weighted by Gasteiger charge is 2.32. The van der Waals surface area contributed by atoms with E-state index in [2.05, 4.69) is 81.7 Å². The molecular weight excluding hydrogens is 599 g/mol. The molecule has 0 radical (unpaired) electrons. The average Bonchev–Trinajstić information content (AvgIpc) is 3.65. The molecule has 6 rings (SSSR count). The minimum atomic E-state index is -0.193. The number of piperidine rings is 1. The lowest BCUT2D eigenvalue weighted by Gasteiger charge is -2.42. The van der Waals surface area contributed by atoms with Crippen LogP contribution in [0.1, 0.15) is 50.8 Å². The Morgan fingerprint density at radius 3 is 2.53 bits per heavy atom. The Bertz CT molecular complexity index is 1680. The minimum Gasteiger partial charge on any atom is -0.373 e. The lowest BCUT2D eigenvalue weighted by molar-refractivity contribution is 0.0570. The van der Waals surface area contributed by atoms with E-state index in [1.807, 2.05) is 41.8 Å². The quantitative estimate of drug-likeness (QED) is 0.164. The van der Waals surface area contributed by atoms with Crippen molar-refractivity contribution in [1.29, 1.82) is 5.26 Å². The number of fused-ring (bicyclic) bond motifs is 1. The zero-order valence-corrected chi connectivity index (χ0v) is 26.6. The number of nitrogens with zero attached hydrogens (tertiary/aromatic N) is 4. The van der Waals surface area contributed by atoms with Crippen molar-refractivity contribution in [2.45, 2.75) is 51.2 Å². The van der Waals surface area contributed by atoms with E-state index in [9.17, 15) is 5.26 Å². The van der Waals surface area contributed by atoms with Crippen molar-refractivity contribution in [2.75, 3.05) is 23.7 Å². The van der Waals surface area contributed by atoms with E-state index >= 15 is 0 Å². The normalized spacial score (nSPS) is 16.9. The maximum absolute atomic E-state index is 9.89. The highest BCUT2D eigenvalue weighted by Crippen LogP contribution is 2.38. The zero-order chi connectivity index (χ0) is 30.1. The molecule has 0 aliphatic carbocycles. The van der Waals surface area contributed by atoms with Gasteiger partial charge in [0.2, 0.25) is 0 Å². The second-order valence-electron chi connectivity index (χ2n) is 11.9. The standard InChI is InChI=1S/C32H34Cl2N8S/c1-32(2,3)41-11-9-24(10-12-41)42-18-27(39-40-42)30(20-7-5-4-6-8-20)37-22-13-25-29(38-23-15-28(34)43-19-23)21(16-35)17-36-31(25)26(33)14-22/h4-8,13-15,17-19,24,30,37,39-40H,9-12H2,1-3H3,(H,36,38)/t30-/m0/s1. The first-order valence-electron chi connectivity index (χ1n) is 14.3. The van der Waals surface area contributed by atoms with Crippen molar-refractivity contribution in [1.82, 2.24) is 25.9 Å². The molecule has 1 fully saturated rings. The molecule has 8 nitrogen and oxygen atoms in total. The Kier molecular flexibility index (Phi) is 8.40. The number of likely N-dealkylation sites (tertiary alicyclic amines) is 1. The molecule has 11 heteroatoms. The fourth-order valence-corrected chi connectivity index (χ4v) is 6.82. The van der Waals surface area contributed by atoms with Crippen LogP contribution in [0.15, 0.2) is 72.0 Å². The second kappa shape index (κ2) is 12.2. The molecule has 2 aliphatic rings. The second-order valence-corrected chi connectivity index (χ2v) is 13.8. The number of aromatic nitrogens is 1. The topological polar surface area (TPSA) is 91.3 Å². The van der Waals surface area contributed by atoms with Crippen LogP contribution in [0.25, 0.3) is 10.9 Å². The van der Waals surface area contributed by atoms with E-state index in [-0.39, 0.29) is 11.6 Å². The van der Waals surface area contributed by atoms with Crippen molar-refractivity contribution < 1.29 is 0 Å². The van der Waals surface area contributed by atoms with Crippen LogP contribution < -0.4 is 21.6 Å². The molecule has 4 heterocycles. The van der Waals surface area contributed by atoms with Gasteiger partial charge in [-0.3, -0.25) is 14.9 Å². The monoisotopic (exact) mass is 632 g/mol. The third-order valence-electron chi connectivity index (χ3n) is 8.05. The first-order valence-corrected chi connectivity index (χ1v) is 15.9. The Morgan fingerprint density at radius 2 is 1.86 bits per heavy atom. The van der Waals surface area contributed by atoms with Gasteiger partial charge in [0.1, 0.15) is 6.07 Å². The van der Waals surface area contributed by atoms with Crippen LogP contribution in [0, 0.1) is 11.3 Å². The van der Waals surface area contributed by atoms with Crippen LogP contribution in [0.2, 0.25) is 9.36 Å². The summed E-state index contributed by atoms with van der Waals surface area (Å²) in [6, 6.07) is 18.5. The molecular formula is C32H34Cl2N8S. The number of nitrogens with one attached hydrogen (secondary N) is 4. The van der Waals surface area contributed by atoms with Crippen LogP contribution in [-0.2, 0) is 0 Å². The number of hydrogen-bond donors (Lipinski definition) is 4. The number of hydrogen-bond acceptors (Lipinski definition) is 9. The van der Waals surface area contributed by atoms with Crippen molar-refractivity contribution in [3.63, 3.8) is 0 Å². The molecule has 2 aliphatic heterocycles. The number of nitriles is 1. The van der Waals surface area contributed by atoms with Gasteiger partial charge in [0.15, 0.2) is 0 Å². The number of hydrazine groups is 2. The average molecular weight is 634 g/mol. The van der Waals surface area contributed by atoms with E-state index in [0.29, 0.717) is 32.2 Å². The van der Waals surface area contributed by atoms with Gasteiger partial charge in [-0.25, -0.2) is 0 Å². The molecule has 2 aromatic heterocycles. The van der Waals surface area contributed by atoms with Crippen LogP contribution in [0.5, 0.6) is 0 Å². The summed E-state index contributed by atoms with van der Waals surface area (Å²) >= 11 is 14.4. The molecule has 0 amide bonds. The molecule has 1 atom stereocenters. The van der Waals surface area contributed by atoms with Gasteiger partial charge in [0, 0.05) is 53.5 Å². The van der Waals surface area contributed by atoms with Gasteiger partial charge >= 0.3 is 0 Å². The van der Waals surface area contributed by atoms with E-state index in [0.717, 1.165) is 54.0 Å². The van der Waals surface area contributed by atoms with Crippen molar-refractivity contribution >= 4 is 62.5 Å². The number of benzene rings is 2. The van der Waals surface area contributed by atoms with E-state index < -0.39 is 0 Å². The summed E-state index contributed by atoms with van der Waals surface area (Å²) in [5.41, 5.74) is 12.4. The first kappa shape index (κ1) is 29.5. The van der Waals surface area contributed by atoms with Crippen LogP contribution in [0.4, 0.5) is 17.1 Å². The summed E-state index contributed by atoms with van der Waals surface area (Å²) < 4.78 is 0.658. The highest BCUT2D eigenvalue weighted by molar-refractivity contribution is 7.14. The SMILES string of the molecule is CC(C)(C)N1CCC(N2C=C([C@@H](Nc3cc(Cl)c4ncc(C#N)c(Nc5csc(Cl)c5)c4c3)c3ccccc3)NN2)CC1. The van der Waals surface area contributed by atoms with E-state index in [1.54, 1.807) is 6.20 Å². The summed E-state index contributed by atoms with van der Waals surface area (Å²) in [4.78, 5) is 7.06. The molecule has 4 aromatic rings. The van der Waals surface area contributed by atoms with Gasteiger partial charge in [-0.05, 0) is 57.4 Å². The summed E-state index contributed by atoms with van der Waals surface area (Å²) in [5.74, 6) is 0. The fraction of sp³-hybridized carbons (Fsp3) is 0.312. The predicted molar refractivity (Wildman–Crippen MR) is 177 cm³/mol. The fourth-order valence-electron chi connectivity index (χ4n) is 5.74. The molecule has 0 saturated carbocycles. The van der Waals surface area contributed by atoms with Gasteiger partial charge in [-0.1, -0.05) is 53.5 Å². The summed E-state index contributed by atoms with van der Waals surface area (Å²) in [6.45, 7) is 8.98. The molecule has 1 saturated heterocycles. The van der Waals surface area contributed by atoms with Crippen molar-refractivity contribution in [3.8, 4) is 6.07 Å². The Labute approximate surface area is 266 Å². The molecule has 43 heavy (non-hydrogen) atoms. The Morgan fingerprint density at radius 1 is 1.09 bits per heavy atom. The molecule has 4 N–H and O–H groups in total. The number of halogens is 2. The van der Waals surface area contributed by atoms with Gasteiger partial charge in [0.25, 0.3) is 0 Å². The van der Waals surface area contributed by atoms with Gasteiger partial charge < -0.3 is 16.1 Å². The Hall–Kier alpha value is -3.52. The third-order valence-corrected chi connectivity index (χ3v) is 9.43. The summed E-state index contributed by atoms with van der Waals surface area (Å²) in [6.07, 6.45) is 5.88. The van der Waals surface area contributed by atoms with Crippen LogP contribution >= 0.6 is 34.5 Å². The maximum Gasteiger partial charge on any atom is 0.103 e. The number of rotatable bonds is 7. The Balaban J connectivity index is 1.32. The van der Waals surface area contributed by atoms with Gasteiger partial charge in [-0.15, -0.1) is 16.9 Å². The van der Waals surface area contributed by atoms with Crippen LogP contribution in [-0.4, -0.2) is 39.6 Å². The van der Waals surface area contributed by atoms with Crippen LogP contribution in [0.3, 0.4) is 0 Å².